The van der Waals surface area contributed by atoms with E-state index in [1.54, 1.807) is 17.6 Å². The summed E-state index contributed by atoms with van der Waals surface area (Å²) in [6, 6.07) is 14.3. The van der Waals surface area contributed by atoms with Gasteiger partial charge in [0.25, 0.3) is 5.91 Å². The van der Waals surface area contributed by atoms with Gasteiger partial charge >= 0.3 is 0 Å². The summed E-state index contributed by atoms with van der Waals surface area (Å²) in [6.07, 6.45) is 0.817. The van der Waals surface area contributed by atoms with Gasteiger partial charge in [0, 0.05) is 35.2 Å². The van der Waals surface area contributed by atoms with Gasteiger partial charge in [-0.05, 0) is 25.2 Å². The van der Waals surface area contributed by atoms with Crippen LogP contribution in [0.3, 0.4) is 0 Å². The summed E-state index contributed by atoms with van der Waals surface area (Å²) >= 11 is 0. The second-order valence-corrected chi connectivity index (χ2v) is 6.59. The molecule has 1 aliphatic rings. The van der Waals surface area contributed by atoms with Crippen molar-refractivity contribution in [2.24, 2.45) is 0 Å². The Labute approximate surface area is 150 Å². The number of hydrogen-bond donors (Lipinski definition) is 2. The van der Waals surface area contributed by atoms with Crippen molar-refractivity contribution >= 4 is 22.6 Å². The summed E-state index contributed by atoms with van der Waals surface area (Å²) in [6.45, 7) is 1.67. The van der Waals surface area contributed by atoms with E-state index < -0.39 is 5.91 Å². The lowest BCUT2D eigenvalue weighted by atomic mass is 9.98. The van der Waals surface area contributed by atoms with Crippen molar-refractivity contribution in [2.45, 2.75) is 13.1 Å². The number of carbonyl (C=O) groups is 2. The third-order valence-electron chi connectivity index (χ3n) is 4.93. The minimum absolute atomic E-state index is 0.0459. The average Bonchev–Trinajstić information content (AvgIpc) is 3.00. The molecular formula is C20H19N3O3. The lowest BCUT2D eigenvalue weighted by Gasteiger charge is -2.26. The number of fused-ring (bicyclic) bond motifs is 3. The quantitative estimate of drug-likeness (QED) is 0.433. The number of amides is 1. The van der Waals surface area contributed by atoms with Crippen LogP contribution in [0, 0.1) is 0 Å². The average molecular weight is 349 g/mol. The van der Waals surface area contributed by atoms with Gasteiger partial charge in [0.05, 0.1) is 17.7 Å². The topological polar surface area (TPSA) is 74.6 Å². The summed E-state index contributed by atoms with van der Waals surface area (Å²) in [5, 5.41) is 9.67. The van der Waals surface area contributed by atoms with Gasteiger partial charge < -0.3 is 4.57 Å². The Bertz CT molecular complexity index is 1010. The van der Waals surface area contributed by atoms with Crippen molar-refractivity contribution in [3.63, 3.8) is 0 Å². The molecule has 2 N–H and O–H groups in total. The molecule has 4 rings (SSSR count). The first-order valence-electron chi connectivity index (χ1n) is 8.48. The molecule has 1 aromatic heterocycles. The van der Waals surface area contributed by atoms with E-state index >= 15 is 0 Å². The van der Waals surface area contributed by atoms with E-state index in [-0.39, 0.29) is 5.78 Å². The summed E-state index contributed by atoms with van der Waals surface area (Å²) in [4.78, 5) is 26.9. The predicted molar refractivity (Wildman–Crippen MR) is 97.4 cm³/mol. The molecule has 0 unspecified atom stereocenters. The number of para-hydroxylation sites is 1. The van der Waals surface area contributed by atoms with E-state index in [0.29, 0.717) is 11.1 Å². The van der Waals surface area contributed by atoms with Crippen molar-refractivity contribution in [1.82, 2.24) is 14.9 Å². The van der Waals surface area contributed by atoms with Crippen LogP contribution >= 0.6 is 0 Å². The number of aromatic nitrogens is 1. The van der Waals surface area contributed by atoms with Gasteiger partial charge in [0.2, 0.25) is 0 Å². The van der Waals surface area contributed by atoms with Crippen LogP contribution in [0.4, 0.5) is 0 Å². The molecule has 3 aromatic rings. The molecule has 2 heterocycles. The summed E-state index contributed by atoms with van der Waals surface area (Å²) < 4.78 is 2.21. The number of hydroxylamine groups is 1. The Kier molecular flexibility index (Phi) is 4.06. The Morgan fingerprint density at radius 2 is 1.73 bits per heavy atom. The lowest BCUT2D eigenvalue weighted by molar-refractivity contribution is 0.0706. The molecule has 1 aliphatic heterocycles. The first-order chi connectivity index (χ1) is 12.6. The molecule has 0 saturated carbocycles. The van der Waals surface area contributed by atoms with E-state index in [1.807, 2.05) is 24.3 Å². The van der Waals surface area contributed by atoms with Crippen LogP contribution in [0.2, 0.25) is 0 Å². The van der Waals surface area contributed by atoms with Crippen LogP contribution in [0.5, 0.6) is 0 Å². The maximum atomic E-state index is 13.2. The highest BCUT2D eigenvalue weighted by Gasteiger charge is 2.26. The Morgan fingerprint density at radius 3 is 2.46 bits per heavy atom. The molecule has 0 aliphatic carbocycles. The maximum Gasteiger partial charge on any atom is 0.274 e. The number of carbonyl (C=O) groups excluding carboxylic acids is 2. The summed E-state index contributed by atoms with van der Waals surface area (Å²) in [5.74, 6) is -0.644. The standard InChI is InChI=1S/C20H19N3O3/c1-22-11-10-17-18(15-4-2-3-5-16(15)23(17)12-22)19(24)13-6-8-14(9-7-13)20(25)21-26/h2-9,26H,10-12H2,1H3,(H,21,25). The number of nitrogens with one attached hydrogen (secondary N) is 1. The summed E-state index contributed by atoms with van der Waals surface area (Å²) in [7, 11) is 2.07. The second-order valence-electron chi connectivity index (χ2n) is 6.59. The SMILES string of the molecule is CN1CCc2c(C(=O)c3ccc(C(=O)NO)cc3)c3ccccc3n2C1. The highest BCUT2D eigenvalue weighted by Crippen LogP contribution is 2.31. The number of ketones is 1. The zero-order valence-electron chi connectivity index (χ0n) is 14.4. The van der Waals surface area contributed by atoms with Crippen LogP contribution in [-0.2, 0) is 13.1 Å². The van der Waals surface area contributed by atoms with Gasteiger partial charge in [-0.1, -0.05) is 30.3 Å². The van der Waals surface area contributed by atoms with Crippen LogP contribution < -0.4 is 5.48 Å². The fourth-order valence-corrected chi connectivity index (χ4v) is 3.62. The van der Waals surface area contributed by atoms with Gasteiger partial charge in [-0.2, -0.15) is 0 Å². The predicted octanol–water partition coefficient (Wildman–Crippen LogP) is 2.44. The molecule has 0 bridgehead atoms. The molecule has 2 aromatic carbocycles. The minimum atomic E-state index is -0.598. The van der Waals surface area contributed by atoms with Gasteiger partial charge in [-0.3, -0.25) is 19.7 Å². The normalized spacial score (nSPS) is 14.2. The number of nitrogens with zero attached hydrogens (tertiary/aromatic N) is 2. The highest BCUT2D eigenvalue weighted by atomic mass is 16.5. The number of rotatable bonds is 3. The molecule has 1 amide bonds. The molecule has 6 heteroatoms. The Balaban J connectivity index is 1.81. The van der Waals surface area contributed by atoms with E-state index in [9.17, 15) is 9.59 Å². The molecule has 132 valence electrons. The first-order valence-corrected chi connectivity index (χ1v) is 8.48. The number of likely N-dealkylation sites (N-methyl/N-ethyl adjacent to an activating group) is 1. The van der Waals surface area contributed by atoms with Crippen molar-refractivity contribution in [3.8, 4) is 0 Å². The minimum Gasteiger partial charge on any atom is -0.330 e. The van der Waals surface area contributed by atoms with Gasteiger partial charge in [0.15, 0.2) is 5.78 Å². The Morgan fingerprint density at radius 1 is 1.04 bits per heavy atom. The second kappa shape index (κ2) is 6.40. The molecule has 0 spiro atoms. The van der Waals surface area contributed by atoms with Crippen LogP contribution in [0.15, 0.2) is 48.5 Å². The third-order valence-corrected chi connectivity index (χ3v) is 4.93. The van der Waals surface area contributed by atoms with Crippen LogP contribution in [0.1, 0.15) is 32.0 Å². The third kappa shape index (κ3) is 2.60. The van der Waals surface area contributed by atoms with Crippen molar-refractivity contribution < 1.29 is 14.8 Å². The van der Waals surface area contributed by atoms with Gasteiger partial charge in [-0.25, -0.2) is 5.48 Å². The Hall–Kier alpha value is -2.96. The zero-order valence-corrected chi connectivity index (χ0v) is 14.4. The maximum absolute atomic E-state index is 13.2. The monoisotopic (exact) mass is 349 g/mol. The van der Waals surface area contributed by atoms with E-state index in [4.69, 9.17) is 5.21 Å². The van der Waals surface area contributed by atoms with Crippen molar-refractivity contribution in [3.05, 3.63) is 70.9 Å². The highest BCUT2D eigenvalue weighted by molar-refractivity contribution is 6.17. The number of benzene rings is 2. The first kappa shape index (κ1) is 16.5. The number of hydrogen-bond acceptors (Lipinski definition) is 4. The van der Waals surface area contributed by atoms with E-state index in [0.717, 1.165) is 41.8 Å². The molecular weight excluding hydrogens is 330 g/mol. The van der Waals surface area contributed by atoms with Crippen LogP contribution in [-0.4, -0.2) is 40.0 Å². The van der Waals surface area contributed by atoms with E-state index in [2.05, 4.69) is 16.5 Å². The lowest BCUT2D eigenvalue weighted by Crippen LogP contribution is -2.31. The molecule has 0 fully saturated rings. The van der Waals surface area contributed by atoms with Crippen molar-refractivity contribution in [2.75, 3.05) is 13.6 Å². The molecule has 26 heavy (non-hydrogen) atoms. The summed E-state index contributed by atoms with van der Waals surface area (Å²) in [5.41, 5.74) is 5.29. The molecule has 6 nitrogen and oxygen atoms in total. The fourth-order valence-electron chi connectivity index (χ4n) is 3.62. The van der Waals surface area contributed by atoms with Gasteiger partial charge in [-0.15, -0.1) is 0 Å². The van der Waals surface area contributed by atoms with Crippen molar-refractivity contribution in [1.29, 1.82) is 0 Å². The smallest absolute Gasteiger partial charge is 0.274 e. The van der Waals surface area contributed by atoms with Gasteiger partial charge in [0.1, 0.15) is 0 Å². The molecule has 0 radical (unpaired) electrons. The largest absolute Gasteiger partial charge is 0.330 e. The molecule has 0 atom stereocenters. The van der Waals surface area contributed by atoms with E-state index in [1.165, 1.54) is 12.1 Å². The molecule has 0 saturated heterocycles. The fraction of sp³-hybridized carbons (Fsp3) is 0.200. The zero-order chi connectivity index (χ0) is 18.3. The van der Waals surface area contributed by atoms with Crippen LogP contribution in [0.25, 0.3) is 10.9 Å².